The summed E-state index contributed by atoms with van der Waals surface area (Å²) in [4.78, 5) is 15.1. The van der Waals surface area contributed by atoms with Crippen LogP contribution >= 0.6 is 0 Å². The fraction of sp³-hybridized carbons (Fsp3) is 0.938. The van der Waals surface area contributed by atoms with Crippen molar-refractivity contribution in [3.05, 3.63) is 0 Å². The van der Waals surface area contributed by atoms with E-state index in [0.29, 0.717) is 17.2 Å². The van der Waals surface area contributed by atoms with Crippen molar-refractivity contribution >= 4 is 5.91 Å². The Morgan fingerprint density at radius 3 is 2.16 bits per heavy atom. The summed E-state index contributed by atoms with van der Waals surface area (Å²) in [5, 5.41) is 3.39. The van der Waals surface area contributed by atoms with Crippen molar-refractivity contribution in [2.24, 2.45) is 16.7 Å². The molecule has 1 spiro atoms. The quantitative estimate of drug-likeness (QED) is 0.849. The van der Waals surface area contributed by atoms with Gasteiger partial charge in [-0.05, 0) is 43.4 Å². The van der Waals surface area contributed by atoms with Gasteiger partial charge >= 0.3 is 0 Å². The van der Waals surface area contributed by atoms with Crippen LogP contribution in [0.4, 0.5) is 0 Å². The Labute approximate surface area is 117 Å². The summed E-state index contributed by atoms with van der Waals surface area (Å²) >= 11 is 0. The number of rotatable bonds is 3. The predicted molar refractivity (Wildman–Crippen MR) is 76.9 cm³/mol. The van der Waals surface area contributed by atoms with Crippen LogP contribution in [0.25, 0.3) is 0 Å². The van der Waals surface area contributed by atoms with Crippen LogP contribution in [-0.2, 0) is 4.79 Å². The molecule has 0 bridgehead atoms. The third-order valence-corrected chi connectivity index (χ3v) is 5.67. The van der Waals surface area contributed by atoms with E-state index in [-0.39, 0.29) is 5.41 Å². The van der Waals surface area contributed by atoms with Crippen LogP contribution in [0.1, 0.15) is 52.4 Å². The zero-order valence-electron chi connectivity index (χ0n) is 12.5. The summed E-state index contributed by atoms with van der Waals surface area (Å²) in [5.41, 5.74) is 0.568. The number of nitrogens with zero attached hydrogens (tertiary/aromatic N) is 1. The number of carbonyl (C=O) groups excluding carboxylic acids is 1. The van der Waals surface area contributed by atoms with E-state index in [1.807, 2.05) is 0 Å². The average Bonchev–Trinajstić information content (AvgIpc) is 2.31. The van der Waals surface area contributed by atoms with Crippen molar-refractivity contribution < 1.29 is 4.79 Å². The number of carbonyl (C=O) groups is 1. The lowest BCUT2D eigenvalue weighted by molar-refractivity contribution is -0.152. The first-order valence-electron chi connectivity index (χ1n) is 8.06. The van der Waals surface area contributed by atoms with Crippen molar-refractivity contribution in [2.45, 2.75) is 52.4 Å². The zero-order valence-corrected chi connectivity index (χ0v) is 12.5. The third kappa shape index (κ3) is 2.31. The molecule has 2 aliphatic heterocycles. The molecule has 0 aromatic rings. The van der Waals surface area contributed by atoms with E-state index in [1.165, 1.54) is 32.4 Å². The van der Waals surface area contributed by atoms with Gasteiger partial charge in [-0.1, -0.05) is 20.3 Å². The van der Waals surface area contributed by atoms with Crippen LogP contribution in [0.3, 0.4) is 0 Å². The maximum Gasteiger partial charge on any atom is 0.228 e. The molecule has 0 aromatic heterocycles. The summed E-state index contributed by atoms with van der Waals surface area (Å²) in [5.74, 6) is 1.12. The standard InChI is InChI=1S/C16H28N2O/c1-13(2)10-16(4-3-5-16)14(19)18-8-6-15(7-9-18)11-17-12-15/h13,17H,3-12H2,1-2H3. The van der Waals surface area contributed by atoms with Crippen LogP contribution in [-0.4, -0.2) is 37.0 Å². The Kier molecular flexibility index (Phi) is 3.36. The first kappa shape index (κ1) is 13.4. The van der Waals surface area contributed by atoms with Gasteiger partial charge in [-0.15, -0.1) is 0 Å². The number of nitrogens with one attached hydrogen (secondary N) is 1. The maximum atomic E-state index is 12.9. The minimum absolute atomic E-state index is 0.0243. The van der Waals surface area contributed by atoms with E-state index in [9.17, 15) is 4.79 Å². The maximum absolute atomic E-state index is 12.9. The number of hydrogen-bond acceptors (Lipinski definition) is 2. The van der Waals surface area contributed by atoms with E-state index in [0.717, 1.165) is 32.4 Å². The number of hydrogen-bond donors (Lipinski definition) is 1. The highest BCUT2D eigenvalue weighted by Gasteiger charge is 2.48. The van der Waals surface area contributed by atoms with Gasteiger partial charge in [-0.2, -0.15) is 0 Å². The molecule has 3 fully saturated rings. The normalized spacial score (nSPS) is 28.1. The Balaban J connectivity index is 1.60. The van der Waals surface area contributed by atoms with Crippen LogP contribution in [0.2, 0.25) is 0 Å². The highest BCUT2D eigenvalue weighted by Crippen LogP contribution is 2.48. The first-order valence-corrected chi connectivity index (χ1v) is 8.06. The third-order valence-electron chi connectivity index (χ3n) is 5.67. The van der Waals surface area contributed by atoms with Gasteiger partial charge in [0.2, 0.25) is 5.91 Å². The van der Waals surface area contributed by atoms with Gasteiger partial charge in [-0.25, -0.2) is 0 Å². The first-order chi connectivity index (χ1) is 9.05. The van der Waals surface area contributed by atoms with Crippen molar-refractivity contribution in [1.82, 2.24) is 10.2 Å². The van der Waals surface area contributed by atoms with Gasteiger partial charge in [0.15, 0.2) is 0 Å². The average molecular weight is 264 g/mol. The van der Waals surface area contributed by atoms with E-state index in [4.69, 9.17) is 0 Å². The molecule has 1 aliphatic carbocycles. The van der Waals surface area contributed by atoms with Crippen LogP contribution in [0.15, 0.2) is 0 Å². The van der Waals surface area contributed by atoms with Gasteiger partial charge in [-0.3, -0.25) is 4.79 Å². The lowest BCUT2D eigenvalue weighted by Crippen LogP contribution is -2.60. The van der Waals surface area contributed by atoms with Crippen molar-refractivity contribution in [3.63, 3.8) is 0 Å². The van der Waals surface area contributed by atoms with Gasteiger partial charge in [0.25, 0.3) is 0 Å². The molecule has 0 unspecified atom stereocenters. The van der Waals surface area contributed by atoms with Crippen molar-refractivity contribution in [2.75, 3.05) is 26.2 Å². The highest BCUT2D eigenvalue weighted by atomic mass is 16.2. The van der Waals surface area contributed by atoms with Gasteiger partial charge in [0.05, 0.1) is 0 Å². The molecule has 1 amide bonds. The minimum atomic E-state index is 0.0243. The molecule has 1 saturated carbocycles. The van der Waals surface area contributed by atoms with E-state index in [2.05, 4.69) is 24.1 Å². The topological polar surface area (TPSA) is 32.3 Å². The number of likely N-dealkylation sites (tertiary alicyclic amines) is 1. The summed E-state index contributed by atoms with van der Waals surface area (Å²) in [7, 11) is 0. The molecule has 0 atom stereocenters. The molecule has 2 saturated heterocycles. The second-order valence-corrected chi connectivity index (χ2v) is 7.63. The second-order valence-electron chi connectivity index (χ2n) is 7.63. The largest absolute Gasteiger partial charge is 0.342 e. The number of amides is 1. The summed E-state index contributed by atoms with van der Waals surface area (Å²) in [6.45, 7) is 8.84. The molecule has 19 heavy (non-hydrogen) atoms. The molecule has 2 heterocycles. The van der Waals surface area contributed by atoms with Crippen molar-refractivity contribution in [1.29, 1.82) is 0 Å². The lowest BCUT2D eigenvalue weighted by Gasteiger charge is -2.51. The molecule has 0 radical (unpaired) electrons. The summed E-state index contributed by atoms with van der Waals surface area (Å²) in [6.07, 6.45) is 7.03. The smallest absolute Gasteiger partial charge is 0.228 e. The Morgan fingerprint density at radius 1 is 1.16 bits per heavy atom. The van der Waals surface area contributed by atoms with Gasteiger partial charge < -0.3 is 10.2 Å². The fourth-order valence-electron chi connectivity index (χ4n) is 4.24. The Bertz CT molecular complexity index is 346. The molecular weight excluding hydrogens is 236 g/mol. The Hall–Kier alpha value is -0.570. The SMILES string of the molecule is CC(C)CC1(C(=O)N2CCC3(CC2)CNC3)CCC1. The number of piperidine rings is 1. The molecular formula is C16H28N2O. The van der Waals surface area contributed by atoms with Gasteiger partial charge in [0, 0.05) is 31.6 Å². The lowest BCUT2D eigenvalue weighted by atomic mass is 9.63. The van der Waals surface area contributed by atoms with E-state index in [1.54, 1.807) is 0 Å². The second kappa shape index (κ2) is 4.76. The highest BCUT2D eigenvalue weighted by molar-refractivity contribution is 5.83. The van der Waals surface area contributed by atoms with E-state index < -0.39 is 0 Å². The molecule has 3 rings (SSSR count). The molecule has 108 valence electrons. The zero-order chi connectivity index (χ0) is 13.5. The molecule has 3 heteroatoms. The molecule has 0 aromatic carbocycles. The monoisotopic (exact) mass is 264 g/mol. The predicted octanol–water partition coefficient (Wildman–Crippen LogP) is 2.41. The van der Waals surface area contributed by atoms with Crippen LogP contribution < -0.4 is 5.32 Å². The van der Waals surface area contributed by atoms with Gasteiger partial charge in [0.1, 0.15) is 0 Å². The summed E-state index contributed by atoms with van der Waals surface area (Å²) < 4.78 is 0. The van der Waals surface area contributed by atoms with Crippen LogP contribution in [0.5, 0.6) is 0 Å². The Morgan fingerprint density at radius 2 is 1.79 bits per heavy atom. The molecule has 3 nitrogen and oxygen atoms in total. The molecule has 1 N–H and O–H groups in total. The summed E-state index contributed by atoms with van der Waals surface area (Å²) in [6, 6.07) is 0. The van der Waals surface area contributed by atoms with E-state index >= 15 is 0 Å². The fourth-order valence-corrected chi connectivity index (χ4v) is 4.24. The van der Waals surface area contributed by atoms with Crippen LogP contribution in [0, 0.1) is 16.7 Å². The molecule has 3 aliphatic rings. The minimum Gasteiger partial charge on any atom is -0.342 e. The van der Waals surface area contributed by atoms with Crippen molar-refractivity contribution in [3.8, 4) is 0 Å².